The Hall–Kier alpha value is -1.49. The van der Waals surface area contributed by atoms with Gasteiger partial charge in [0.05, 0.1) is 5.39 Å². The third-order valence-electron chi connectivity index (χ3n) is 4.88. The fourth-order valence-corrected chi connectivity index (χ4v) is 4.98. The molecule has 2 aromatic rings. The highest BCUT2D eigenvalue weighted by molar-refractivity contribution is 7.19. The average molecular weight is 315 g/mol. The fourth-order valence-electron chi connectivity index (χ4n) is 3.68. The molecule has 0 radical (unpaired) electrons. The quantitative estimate of drug-likeness (QED) is 0.810. The van der Waals surface area contributed by atoms with Gasteiger partial charge < -0.3 is 4.90 Å². The number of carbonyl (C=O) groups excluding carboxylic acids is 1. The van der Waals surface area contributed by atoms with Crippen LogP contribution in [0.4, 0.5) is 5.82 Å². The van der Waals surface area contributed by atoms with Crippen molar-refractivity contribution in [2.45, 2.75) is 46.0 Å². The first-order valence-corrected chi connectivity index (χ1v) is 9.01. The summed E-state index contributed by atoms with van der Waals surface area (Å²) in [6.07, 6.45) is 5.52. The van der Waals surface area contributed by atoms with Crippen molar-refractivity contribution in [2.75, 3.05) is 18.0 Å². The Morgan fingerprint density at radius 2 is 2.00 bits per heavy atom. The standard InChI is InChI=1S/C17H21N3OS/c1-10-9-20(8-7-13(10)21)16-15-12-5-3-4-6-14(12)22-17(15)19-11(2)18-16/h10H,3-9H2,1-2H3. The molecule has 116 valence electrons. The molecule has 2 aliphatic rings. The Balaban J connectivity index is 1.85. The summed E-state index contributed by atoms with van der Waals surface area (Å²) < 4.78 is 0. The van der Waals surface area contributed by atoms with Gasteiger partial charge in [0.25, 0.3) is 0 Å². The molecule has 22 heavy (non-hydrogen) atoms. The van der Waals surface area contributed by atoms with Gasteiger partial charge in [-0.1, -0.05) is 6.92 Å². The summed E-state index contributed by atoms with van der Waals surface area (Å²) >= 11 is 1.85. The molecule has 0 spiro atoms. The number of rotatable bonds is 1. The van der Waals surface area contributed by atoms with Crippen LogP contribution in [0.2, 0.25) is 0 Å². The van der Waals surface area contributed by atoms with Gasteiger partial charge in [0.1, 0.15) is 22.3 Å². The van der Waals surface area contributed by atoms with Crippen LogP contribution in [0.3, 0.4) is 0 Å². The number of thiophene rings is 1. The number of ketones is 1. The number of aromatic nitrogens is 2. The van der Waals surface area contributed by atoms with E-state index in [1.807, 2.05) is 25.2 Å². The lowest BCUT2D eigenvalue weighted by atomic mass is 9.95. The van der Waals surface area contributed by atoms with Crippen LogP contribution in [0.15, 0.2) is 0 Å². The van der Waals surface area contributed by atoms with Crippen LogP contribution in [-0.2, 0) is 17.6 Å². The lowest BCUT2D eigenvalue weighted by Crippen LogP contribution is -2.40. The van der Waals surface area contributed by atoms with Gasteiger partial charge in [-0.3, -0.25) is 4.79 Å². The number of aryl methyl sites for hydroxylation is 3. The third-order valence-corrected chi connectivity index (χ3v) is 6.06. The van der Waals surface area contributed by atoms with Crippen LogP contribution < -0.4 is 4.90 Å². The molecule has 0 amide bonds. The highest BCUT2D eigenvalue weighted by atomic mass is 32.1. The number of fused-ring (bicyclic) bond motifs is 3. The average Bonchev–Trinajstić information content (AvgIpc) is 2.87. The van der Waals surface area contributed by atoms with Crippen molar-refractivity contribution in [2.24, 2.45) is 5.92 Å². The van der Waals surface area contributed by atoms with Gasteiger partial charge in [-0.25, -0.2) is 9.97 Å². The molecule has 1 fully saturated rings. The molecule has 1 aliphatic carbocycles. The van der Waals surface area contributed by atoms with E-state index in [4.69, 9.17) is 4.98 Å². The Morgan fingerprint density at radius 1 is 1.18 bits per heavy atom. The van der Waals surface area contributed by atoms with E-state index in [0.717, 1.165) is 36.0 Å². The molecular formula is C17H21N3OS. The Labute approximate surface area is 134 Å². The maximum absolute atomic E-state index is 11.8. The highest BCUT2D eigenvalue weighted by Crippen LogP contribution is 2.40. The van der Waals surface area contributed by atoms with E-state index in [2.05, 4.69) is 9.88 Å². The molecular weight excluding hydrogens is 294 g/mol. The highest BCUT2D eigenvalue weighted by Gasteiger charge is 2.28. The summed E-state index contributed by atoms with van der Waals surface area (Å²) in [5.74, 6) is 2.39. The molecule has 0 N–H and O–H groups in total. The summed E-state index contributed by atoms with van der Waals surface area (Å²) in [5, 5.41) is 1.27. The van der Waals surface area contributed by atoms with E-state index in [1.54, 1.807) is 0 Å². The SMILES string of the molecule is Cc1nc(N2CCC(=O)C(C)C2)c2c3c(sc2n1)CCCC3. The second-order valence-electron chi connectivity index (χ2n) is 6.55. The molecule has 1 unspecified atom stereocenters. The van der Waals surface area contributed by atoms with Crippen LogP contribution in [-0.4, -0.2) is 28.8 Å². The fraction of sp³-hybridized carbons (Fsp3) is 0.588. The first kappa shape index (κ1) is 14.1. The molecule has 5 heteroatoms. The van der Waals surface area contributed by atoms with E-state index < -0.39 is 0 Å². The number of anilines is 1. The number of carbonyl (C=O) groups is 1. The predicted octanol–water partition coefficient (Wildman–Crippen LogP) is 3.29. The smallest absolute Gasteiger partial charge is 0.141 e. The molecule has 2 aromatic heterocycles. The van der Waals surface area contributed by atoms with E-state index in [9.17, 15) is 4.79 Å². The topological polar surface area (TPSA) is 46.1 Å². The first-order valence-electron chi connectivity index (χ1n) is 8.20. The monoisotopic (exact) mass is 315 g/mol. The number of piperidine rings is 1. The molecule has 1 aliphatic heterocycles. The van der Waals surface area contributed by atoms with Crippen molar-refractivity contribution in [1.29, 1.82) is 0 Å². The minimum Gasteiger partial charge on any atom is -0.355 e. The third kappa shape index (κ3) is 2.22. The van der Waals surface area contributed by atoms with Crippen molar-refractivity contribution < 1.29 is 4.79 Å². The molecule has 1 saturated heterocycles. The summed E-state index contributed by atoms with van der Waals surface area (Å²) in [6.45, 7) is 5.58. The van der Waals surface area contributed by atoms with Crippen molar-refractivity contribution in [1.82, 2.24) is 9.97 Å². The zero-order valence-corrected chi connectivity index (χ0v) is 14.0. The summed E-state index contributed by atoms with van der Waals surface area (Å²) in [7, 11) is 0. The van der Waals surface area contributed by atoms with E-state index in [1.165, 1.54) is 35.1 Å². The van der Waals surface area contributed by atoms with Crippen LogP contribution in [0.5, 0.6) is 0 Å². The van der Waals surface area contributed by atoms with Gasteiger partial charge in [-0.15, -0.1) is 11.3 Å². The molecule has 4 nitrogen and oxygen atoms in total. The van der Waals surface area contributed by atoms with Crippen LogP contribution in [0, 0.1) is 12.8 Å². The van der Waals surface area contributed by atoms with Gasteiger partial charge in [-0.2, -0.15) is 0 Å². The maximum atomic E-state index is 11.8. The van der Waals surface area contributed by atoms with E-state index >= 15 is 0 Å². The number of nitrogens with zero attached hydrogens (tertiary/aromatic N) is 3. The lowest BCUT2D eigenvalue weighted by Gasteiger charge is -2.31. The maximum Gasteiger partial charge on any atom is 0.141 e. The minimum absolute atomic E-state index is 0.105. The second kappa shape index (κ2) is 5.30. The number of hydrogen-bond donors (Lipinski definition) is 0. The van der Waals surface area contributed by atoms with Gasteiger partial charge in [0, 0.05) is 30.3 Å². The van der Waals surface area contributed by atoms with E-state index in [-0.39, 0.29) is 5.92 Å². The lowest BCUT2D eigenvalue weighted by molar-refractivity contribution is -0.122. The molecule has 3 heterocycles. The molecule has 0 aromatic carbocycles. The van der Waals surface area contributed by atoms with Gasteiger partial charge in [0.2, 0.25) is 0 Å². The molecule has 1 atom stereocenters. The van der Waals surface area contributed by atoms with Crippen molar-refractivity contribution in [3.8, 4) is 0 Å². The molecule has 0 saturated carbocycles. The van der Waals surface area contributed by atoms with E-state index in [0.29, 0.717) is 12.2 Å². The van der Waals surface area contributed by atoms with Crippen LogP contribution >= 0.6 is 11.3 Å². The second-order valence-corrected chi connectivity index (χ2v) is 7.63. The zero-order valence-electron chi connectivity index (χ0n) is 13.2. The van der Waals surface area contributed by atoms with Gasteiger partial charge >= 0.3 is 0 Å². The van der Waals surface area contributed by atoms with Crippen molar-refractivity contribution >= 4 is 33.2 Å². The summed E-state index contributed by atoms with van der Waals surface area (Å²) in [5.41, 5.74) is 1.48. The Bertz CT molecular complexity index is 752. The first-order chi connectivity index (χ1) is 10.6. The molecule has 4 rings (SSSR count). The van der Waals surface area contributed by atoms with Gasteiger partial charge in [0.15, 0.2) is 0 Å². The van der Waals surface area contributed by atoms with Crippen molar-refractivity contribution in [3.05, 3.63) is 16.3 Å². The predicted molar refractivity (Wildman–Crippen MR) is 89.8 cm³/mol. The number of hydrogen-bond acceptors (Lipinski definition) is 5. The summed E-state index contributed by atoms with van der Waals surface area (Å²) in [4.78, 5) is 26.2. The van der Waals surface area contributed by atoms with Crippen LogP contribution in [0.1, 0.15) is 42.5 Å². The molecule has 0 bridgehead atoms. The Kier molecular flexibility index (Phi) is 3.40. The summed E-state index contributed by atoms with van der Waals surface area (Å²) in [6, 6.07) is 0. The normalized spacial score (nSPS) is 22.2. The number of Topliss-reactive ketones (excluding diaryl/α,β-unsaturated/α-hetero) is 1. The minimum atomic E-state index is 0.105. The van der Waals surface area contributed by atoms with Crippen molar-refractivity contribution in [3.63, 3.8) is 0 Å². The zero-order chi connectivity index (χ0) is 15.3. The van der Waals surface area contributed by atoms with Gasteiger partial charge in [-0.05, 0) is 38.2 Å². The Morgan fingerprint density at radius 3 is 2.82 bits per heavy atom. The largest absolute Gasteiger partial charge is 0.355 e. The van der Waals surface area contributed by atoms with Crippen LogP contribution in [0.25, 0.3) is 10.2 Å².